The lowest BCUT2D eigenvalue weighted by Gasteiger charge is -2.21. The first kappa shape index (κ1) is 18.9. The van der Waals surface area contributed by atoms with Crippen molar-refractivity contribution < 1.29 is 28.1 Å². The Labute approximate surface area is 122 Å². The second kappa shape index (κ2) is 9.72. The normalized spacial score (nSPS) is 12.8. The summed E-state index contributed by atoms with van der Waals surface area (Å²) in [4.78, 5) is 23.3. The molecule has 9 heteroatoms. The van der Waals surface area contributed by atoms with Crippen molar-refractivity contribution in [2.24, 2.45) is 0 Å². The van der Waals surface area contributed by atoms with Gasteiger partial charge >= 0.3 is 11.9 Å². The summed E-state index contributed by atoms with van der Waals surface area (Å²) < 4.78 is 19.9. The zero-order valence-electron chi connectivity index (χ0n) is 11.4. The number of esters is 2. The van der Waals surface area contributed by atoms with Crippen LogP contribution in [0.5, 0.6) is 0 Å². The molecule has 0 unspecified atom stereocenters. The highest BCUT2D eigenvalue weighted by atomic mass is 32.9. The fourth-order valence-corrected chi connectivity index (χ4v) is 4.95. The van der Waals surface area contributed by atoms with Gasteiger partial charge in [-0.2, -0.15) is 0 Å². The van der Waals surface area contributed by atoms with Crippen LogP contribution in [0.25, 0.3) is 0 Å². The minimum absolute atomic E-state index is 0.123. The summed E-state index contributed by atoms with van der Waals surface area (Å²) >= 11 is 6.17. The van der Waals surface area contributed by atoms with Crippen molar-refractivity contribution in [1.29, 1.82) is 0 Å². The smallest absolute Gasteiger partial charge is 0.320 e. The predicted molar refractivity (Wildman–Crippen MR) is 77.6 cm³/mol. The van der Waals surface area contributed by atoms with Gasteiger partial charge in [-0.25, -0.2) is 0 Å². The van der Waals surface area contributed by atoms with E-state index in [0.29, 0.717) is 0 Å². The molecule has 19 heavy (non-hydrogen) atoms. The fraction of sp³-hybridized carbons (Fsp3) is 0.800. The van der Waals surface area contributed by atoms with Gasteiger partial charge in [-0.1, -0.05) is 11.4 Å². The molecule has 0 aliphatic heterocycles. The van der Waals surface area contributed by atoms with Gasteiger partial charge in [-0.15, -0.1) is 0 Å². The third-order valence-electron chi connectivity index (χ3n) is 1.91. The van der Waals surface area contributed by atoms with Crippen LogP contribution in [0, 0.1) is 0 Å². The van der Waals surface area contributed by atoms with E-state index in [1.807, 2.05) is 0 Å². The summed E-state index contributed by atoms with van der Waals surface area (Å²) in [5.41, 5.74) is -2.65. The molecule has 0 fully saturated rings. The van der Waals surface area contributed by atoms with Crippen LogP contribution in [-0.2, 0) is 39.9 Å². The minimum Gasteiger partial charge on any atom is -0.466 e. The summed E-state index contributed by atoms with van der Waals surface area (Å²) in [5.74, 6) is -1.01. The van der Waals surface area contributed by atoms with E-state index in [0.717, 1.165) is 11.4 Å². The van der Waals surface area contributed by atoms with Crippen molar-refractivity contribution in [3.05, 3.63) is 0 Å². The molecule has 1 atom stereocenters. The summed E-state index contributed by atoms with van der Waals surface area (Å²) in [6, 6.07) is 0. The molecule has 0 rings (SSSR count). The van der Waals surface area contributed by atoms with Crippen molar-refractivity contribution in [3.63, 3.8) is 0 Å². The molecule has 0 aliphatic rings. The number of rotatable bonds is 9. The quantitative estimate of drug-likeness (QED) is 0.470. The van der Waals surface area contributed by atoms with Gasteiger partial charge in [0.1, 0.15) is 5.25 Å². The van der Waals surface area contributed by atoms with Gasteiger partial charge < -0.3 is 18.5 Å². The largest absolute Gasteiger partial charge is 0.466 e. The molecule has 6 nitrogen and oxygen atoms in total. The topological polar surface area (TPSA) is 71.1 Å². The maximum atomic E-state index is 11.8. The second-order valence-electron chi connectivity index (χ2n) is 3.17. The second-order valence-corrected chi connectivity index (χ2v) is 9.78. The van der Waals surface area contributed by atoms with Crippen molar-refractivity contribution in [2.75, 3.05) is 27.4 Å². The molecular weight excluding hydrogens is 311 g/mol. The Morgan fingerprint density at radius 2 is 1.68 bits per heavy atom. The van der Waals surface area contributed by atoms with Gasteiger partial charge in [0, 0.05) is 14.2 Å². The van der Waals surface area contributed by atoms with Crippen molar-refractivity contribution in [1.82, 2.24) is 0 Å². The van der Waals surface area contributed by atoms with Gasteiger partial charge in [0.2, 0.25) is 5.69 Å². The lowest BCUT2D eigenvalue weighted by Crippen LogP contribution is -2.24. The molecule has 112 valence electrons. The molecule has 0 bridgehead atoms. The third-order valence-corrected chi connectivity index (χ3v) is 7.78. The molecule has 0 aliphatic carbocycles. The molecule has 0 saturated heterocycles. The number of carbonyl (C=O) groups excluding carboxylic acids is 2. The molecule has 0 heterocycles. The molecule has 0 amide bonds. The molecule has 0 spiro atoms. The van der Waals surface area contributed by atoms with E-state index >= 15 is 0 Å². The predicted octanol–water partition coefficient (Wildman–Crippen LogP) is 2.12. The van der Waals surface area contributed by atoms with Crippen LogP contribution in [0.1, 0.15) is 20.3 Å². The number of carbonyl (C=O) groups is 2. The highest BCUT2D eigenvalue weighted by Crippen LogP contribution is 2.62. The van der Waals surface area contributed by atoms with Gasteiger partial charge in [0.25, 0.3) is 0 Å². The van der Waals surface area contributed by atoms with Gasteiger partial charge in [-0.3, -0.25) is 9.59 Å². The van der Waals surface area contributed by atoms with E-state index in [2.05, 4.69) is 0 Å². The average Bonchev–Trinajstić information content (AvgIpc) is 2.38. The van der Waals surface area contributed by atoms with Crippen LogP contribution in [0.2, 0.25) is 0 Å². The molecule has 0 aromatic rings. The summed E-state index contributed by atoms with van der Waals surface area (Å²) in [7, 11) is 2.81. The van der Waals surface area contributed by atoms with Gasteiger partial charge in [0.15, 0.2) is 0 Å². The van der Waals surface area contributed by atoms with E-state index < -0.39 is 22.9 Å². The van der Waals surface area contributed by atoms with Crippen LogP contribution in [0.4, 0.5) is 0 Å². The van der Waals surface area contributed by atoms with Crippen LogP contribution < -0.4 is 0 Å². The van der Waals surface area contributed by atoms with Crippen molar-refractivity contribution in [2.45, 2.75) is 25.5 Å². The highest BCUT2D eigenvalue weighted by molar-refractivity contribution is 8.68. The maximum Gasteiger partial charge on any atom is 0.320 e. The monoisotopic (exact) mass is 330 g/mol. The molecule has 0 saturated carbocycles. The highest BCUT2D eigenvalue weighted by Gasteiger charge is 2.32. The van der Waals surface area contributed by atoms with E-state index in [1.165, 1.54) is 14.2 Å². The molecule has 0 N–H and O–H groups in total. The number of hydrogen-bond donors (Lipinski definition) is 0. The molecule has 0 aromatic carbocycles. The first-order valence-corrected chi connectivity index (χ1v) is 9.76. The Morgan fingerprint density at radius 3 is 2.11 bits per heavy atom. The Kier molecular flexibility index (Phi) is 9.64. The summed E-state index contributed by atoms with van der Waals surface area (Å²) in [6.07, 6.45) is -0.123. The van der Waals surface area contributed by atoms with Gasteiger partial charge in [0.05, 0.1) is 19.6 Å². The molecule has 0 radical (unpaired) electrons. The summed E-state index contributed by atoms with van der Waals surface area (Å²) in [5, 5.41) is -0.787. The average molecular weight is 330 g/mol. The molecular formula is C10H19O6PS2. The lowest BCUT2D eigenvalue weighted by molar-refractivity contribution is -0.149. The van der Waals surface area contributed by atoms with Crippen LogP contribution in [0.3, 0.4) is 0 Å². The Bertz CT molecular complexity index is 341. The number of hydrogen-bond acceptors (Lipinski definition) is 8. The van der Waals surface area contributed by atoms with Crippen LogP contribution in [-0.4, -0.2) is 44.6 Å². The van der Waals surface area contributed by atoms with E-state index in [4.69, 9.17) is 30.3 Å². The third kappa shape index (κ3) is 7.27. The Hall–Kier alpha value is -0.140. The lowest BCUT2D eigenvalue weighted by atomic mass is 10.3. The van der Waals surface area contributed by atoms with Crippen molar-refractivity contribution >= 4 is 40.8 Å². The number of ether oxygens (including phenoxy) is 2. The zero-order valence-corrected chi connectivity index (χ0v) is 13.9. The Morgan fingerprint density at radius 1 is 1.16 bits per heavy atom. The van der Waals surface area contributed by atoms with Crippen molar-refractivity contribution in [3.8, 4) is 0 Å². The van der Waals surface area contributed by atoms with Crippen LogP contribution >= 0.6 is 17.1 Å². The maximum absolute atomic E-state index is 11.8. The van der Waals surface area contributed by atoms with Crippen LogP contribution in [0.15, 0.2) is 0 Å². The van der Waals surface area contributed by atoms with Gasteiger partial charge in [-0.05, 0) is 25.7 Å². The Balaban J connectivity index is 4.81. The van der Waals surface area contributed by atoms with E-state index in [-0.39, 0.29) is 19.6 Å². The first-order valence-electron chi connectivity index (χ1n) is 5.64. The standard InChI is InChI=1S/C10H19O6PS2/c1-5-15-9(11)7-8(10(12)16-6-2)19-17(18,13-3)14-4/h8H,5-7H2,1-4H3/t8-/m1/s1. The van der Waals surface area contributed by atoms with E-state index in [9.17, 15) is 9.59 Å². The SMILES string of the molecule is CCOC(=O)C[C@@H](SP(=S)(OC)OC)C(=O)OCC. The first-order chi connectivity index (χ1) is 8.92. The van der Waals surface area contributed by atoms with E-state index in [1.54, 1.807) is 13.8 Å². The zero-order chi connectivity index (χ0) is 14.9. The fourth-order valence-electron chi connectivity index (χ4n) is 1.09. The summed E-state index contributed by atoms with van der Waals surface area (Å²) in [6.45, 7) is 3.86. The molecule has 0 aromatic heterocycles. The minimum atomic E-state index is -2.65.